The lowest BCUT2D eigenvalue weighted by atomic mass is 10.2. The summed E-state index contributed by atoms with van der Waals surface area (Å²) in [6.07, 6.45) is 0. The van der Waals surface area contributed by atoms with Gasteiger partial charge in [0.25, 0.3) is 0 Å². The van der Waals surface area contributed by atoms with Crippen LogP contribution < -0.4 is 10.6 Å². The van der Waals surface area contributed by atoms with E-state index in [2.05, 4.69) is 40.5 Å². The molecule has 1 heterocycles. The quantitative estimate of drug-likeness (QED) is 0.717. The van der Waals surface area contributed by atoms with Gasteiger partial charge in [0.1, 0.15) is 11.6 Å². The highest BCUT2D eigenvalue weighted by Crippen LogP contribution is 2.23. The Morgan fingerprint density at radius 1 is 0.920 bits per heavy atom. The Bertz CT molecular complexity index is 897. The Hall–Kier alpha value is -3.39. The second-order valence-corrected chi connectivity index (χ2v) is 5.94. The van der Waals surface area contributed by atoms with Crippen molar-refractivity contribution in [2.75, 3.05) is 10.6 Å². The minimum absolute atomic E-state index is 0.258. The first-order chi connectivity index (χ1) is 12.1. The van der Waals surface area contributed by atoms with Gasteiger partial charge in [0, 0.05) is 23.4 Å². The summed E-state index contributed by atoms with van der Waals surface area (Å²) >= 11 is 0. The number of rotatable bonds is 5. The molecule has 0 saturated heterocycles. The number of nitriles is 1. The Morgan fingerprint density at radius 2 is 1.68 bits per heavy atom. The van der Waals surface area contributed by atoms with Gasteiger partial charge in [0.15, 0.2) is 5.82 Å². The van der Waals surface area contributed by atoms with Crippen molar-refractivity contribution in [2.24, 2.45) is 0 Å². The maximum atomic E-state index is 9.05. The van der Waals surface area contributed by atoms with Gasteiger partial charge >= 0.3 is 0 Å². The molecule has 2 aromatic carbocycles. The molecule has 0 aliphatic rings. The topological polar surface area (TPSA) is 73.6 Å². The van der Waals surface area contributed by atoms with Crippen LogP contribution in [0.15, 0.2) is 60.7 Å². The molecule has 3 aromatic rings. The summed E-state index contributed by atoms with van der Waals surface area (Å²) in [5, 5.41) is 15.6. The zero-order chi connectivity index (χ0) is 17.6. The van der Waals surface area contributed by atoms with E-state index in [0.29, 0.717) is 17.2 Å². The van der Waals surface area contributed by atoms with E-state index in [1.165, 1.54) is 0 Å². The number of aromatic nitrogens is 2. The second-order valence-electron chi connectivity index (χ2n) is 5.94. The van der Waals surface area contributed by atoms with Crippen LogP contribution in [0.4, 0.5) is 17.3 Å². The maximum Gasteiger partial charge on any atom is 0.163 e. The first-order valence-electron chi connectivity index (χ1n) is 8.12. The fourth-order valence-electron chi connectivity index (χ4n) is 2.41. The van der Waals surface area contributed by atoms with E-state index in [1.807, 2.05) is 48.5 Å². The zero-order valence-electron chi connectivity index (χ0n) is 14.2. The predicted octanol–water partition coefficient (Wildman–Crippen LogP) is 4.58. The molecule has 0 radical (unpaired) electrons. The van der Waals surface area contributed by atoms with Crippen LogP contribution in [0, 0.1) is 11.3 Å². The van der Waals surface area contributed by atoms with Gasteiger partial charge in [0.2, 0.25) is 0 Å². The standard InChI is InChI=1S/C20H19N5/c1-14(2)22-18-12-19(23-17-10-6-7-15(11-17)13-21)25-20(24-18)16-8-4-3-5-9-16/h3-12,14H,1-2H3,(H2,22,23,24,25). The van der Waals surface area contributed by atoms with Crippen molar-refractivity contribution in [3.8, 4) is 17.5 Å². The average molecular weight is 329 g/mol. The number of nitrogens with one attached hydrogen (secondary N) is 2. The SMILES string of the molecule is CC(C)Nc1cc(Nc2cccc(C#N)c2)nc(-c2ccccc2)n1. The summed E-state index contributed by atoms with van der Waals surface area (Å²) in [7, 11) is 0. The average Bonchev–Trinajstić information content (AvgIpc) is 2.62. The zero-order valence-corrected chi connectivity index (χ0v) is 14.2. The first-order valence-corrected chi connectivity index (χ1v) is 8.12. The summed E-state index contributed by atoms with van der Waals surface area (Å²) in [6, 6.07) is 21.4. The number of hydrogen-bond acceptors (Lipinski definition) is 5. The van der Waals surface area contributed by atoms with Crippen LogP contribution >= 0.6 is 0 Å². The van der Waals surface area contributed by atoms with Gasteiger partial charge in [-0.15, -0.1) is 0 Å². The van der Waals surface area contributed by atoms with Crippen LogP contribution in [-0.2, 0) is 0 Å². The lowest BCUT2D eigenvalue weighted by molar-refractivity contribution is 0.887. The van der Waals surface area contributed by atoms with Crippen LogP contribution in [0.25, 0.3) is 11.4 Å². The fraction of sp³-hybridized carbons (Fsp3) is 0.150. The molecule has 0 saturated carbocycles. The smallest absolute Gasteiger partial charge is 0.163 e. The van der Waals surface area contributed by atoms with E-state index in [0.717, 1.165) is 17.1 Å². The van der Waals surface area contributed by atoms with Gasteiger partial charge in [-0.05, 0) is 32.0 Å². The highest BCUT2D eigenvalue weighted by molar-refractivity contribution is 5.65. The van der Waals surface area contributed by atoms with Crippen molar-refractivity contribution >= 4 is 17.3 Å². The largest absolute Gasteiger partial charge is 0.368 e. The molecule has 0 unspecified atom stereocenters. The third-order valence-electron chi connectivity index (χ3n) is 3.46. The third kappa shape index (κ3) is 4.33. The molecule has 5 nitrogen and oxygen atoms in total. The Balaban J connectivity index is 1.98. The molecule has 0 aliphatic carbocycles. The molecular weight excluding hydrogens is 310 g/mol. The van der Waals surface area contributed by atoms with Crippen molar-refractivity contribution in [1.82, 2.24) is 9.97 Å². The Morgan fingerprint density at radius 3 is 2.40 bits per heavy atom. The first kappa shape index (κ1) is 16.5. The Kier molecular flexibility index (Phi) is 4.91. The third-order valence-corrected chi connectivity index (χ3v) is 3.46. The molecule has 0 atom stereocenters. The van der Waals surface area contributed by atoms with E-state index in [1.54, 1.807) is 12.1 Å². The summed E-state index contributed by atoms with van der Waals surface area (Å²) in [5.41, 5.74) is 2.36. The van der Waals surface area contributed by atoms with E-state index in [4.69, 9.17) is 5.26 Å². The van der Waals surface area contributed by atoms with E-state index >= 15 is 0 Å². The lowest BCUT2D eigenvalue weighted by Gasteiger charge is -2.13. The fourth-order valence-corrected chi connectivity index (χ4v) is 2.41. The number of nitrogens with zero attached hydrogens (tertiary/aromatic N) is 3. The van der Waals surface area contributed by atoms with Crippen LogP contribution in [0.3, 0.4) is 0 Å². The van der Waals surface area contributed by atoms with Gasteiger partial charge in [-0.1, -0.05) is 36.4 Å². The van der Waals surface area contributed by atoms with Crippen molar-refractivity contribution < 1.29 is 0 Å². The van der Waals surface area contributed by atoms with Crippen molar-refractivity contribution in [3.63, 3.8) is 0 Å². The summed E-state index contributed by atoms with van der Waals surface area (Å²) in [4.78, 5) is 9.22. The van der Waals surface area contributed by atoms with Gasteiger partial charge in [-0.25, -0.2) is 9.97 Å². The van der Waals surface area contributed by atoms with Crippen molar-refractivity contribution in [1.29, 1.82) is 5.26 Å². The monoisotopic (exact) mass is 329 g/mol. The van der Waals surface area contributed by atoms with E-state index < -0.39 is 0 Å². The van der Waals surface area contributed by atoms with Gasteiger partial charge < -0.3 is 10.6 Å². The molecule has 1 aromatic heterocycles. The van der Waals surface area contributed by atoms with Gasteiger partial charge in [-0.2, -0.15) is 5.26 Å². The van der Waals surface area contributed by atoms with E-state index in [-0.39, 0.29) is 6.04 Å². The van der Waals surface area contributed by atoms with Crippen molar-refractivity contribution in [3.05, 3.63) is 66.2 Å². The van der Waals surface area contributed by atoms with Crippen LogP contribution in [-0.4, -0.2) is 16.0 Å². The number of hydrogen-bond donors (Lipinski definition) is 2. The molecule has 124 valence electrons. The summed E-state index contributed by atoms with van der Waals surface area (Å²) in [6.45, 7) is 4.13. The van der Waals surface area contributed by atoms with Crippen LogP contribution in [0.5, 0.6) is 0 Å². The summed E-state index contributed by atoms with van der Waals surface area (Å²) < 4.78 is 0. The van der Waals surface area contributed by atoms with Crippen LogP contribution in [0.1, 0.15) is 19.4 Å². The minimum Gasteiger partial charge on any atom is -0.368 e. The molecular formula is C20H19N5. The lowest BCUT2D eigenvalue weighted by Crippen LogP contribution is -2.12. The molecule has 25 heavy (non-hydrogen) atoms. The highest BCUT2D eigenvalue weighted by Gasteiger charge is 2.08. The molecule has 3 rings (SSSR count). The second kappa shape index (κ2) is 7.45. The molecule has 0 amide bonds. The molecule has 0 spiro atoms. The number of benzene rings is 2. The minimum atomic E-state index is 0.258. The summed E-state index contributed by atoms with van der Waals surface area (Å²) in [5.74, 6) is 2.07. The molecule has 5 heteroatoms. The maximum absolute atomic E-state index is 9.05. The molecule has 0 fully saturated rings. The molecule has 2 N–H and O–H groups in total. The predicted molar refractivity (Wildman–Crippen MR) is 101 cm³/mol. The van der Waals surface area contributed by atoms with Gasteiger partial charge in [-0.3, -0.25) is 0 Å². The molecule has 0 bridgehead atoms. The van der Waals surface area contributed by atoms with Gasteiger partial charge in [0.05, 0.1) is 11.6 Å². The van der Waals surface area contributed by atoms with E-state index in [9.17, 15) is 0 Å². The highest BCUT2D eigenvalue weighted by atomic mass is 15.1. The molecule has 0 aliphatic heterocycles. The number of anilines is 3. The van der Waals surface area contributed by atoms with Crippen molar-refractivity contribution in [2.45, 2.75) is 19.9 Å². The Labute approximate surface area is 147 Å². The normalized spacial score (nSPS) is 10.3. The van der Waals surface area contributed by atoms with Crippen LogP contribution in [0.2, 0.25) is 0 Å².